The minimum absolute atomic E-state index is 0.0772. The van der Waals surface area contributed by atoms with Crippen molar-refractivity contribution in [1.29, 1.82) is 0 Å². The van der Waals surface area contributed by atoms with E-state index in [4.69, 9.17) is 4.52 Å². The Labute approximate surface area is 163 Å². The smallest absolute Gasteiger partial charge is 0.274 e. The molecular formula is C20H22N6O2. The van der Waals surface area contributed by atoms with E-state index in [1.807, 2.05) is 38.1 Å². The zero-order valence-corrected chi connectivity index (χ0v) is 16.0. The maximum atomic E-state index is 12.5. The maximum Gasteiger partial charge on any atom is 0.274 e. The van der Waals surface area contributed by atoms with Gasteiger partial charge in [-0.15, -0.1) is 0 Å². The molecule has 3 heterocycles. The number of amides is 1. The summed E-state index contributed by atoms with van der Waals surface area (Å²) < 4.78 is 5.41. The van der Waals surface area contributed by atoms with Gasteiger partial charge in [0.25, 0.3) is 5.91 Å². The van der Waals surface area contributed by atoms with Gasteiger partial charge in [-0.3, -0.25) is 14.7 Å². The van der Waals surface area contributed by atoms with Crippen LogP contribution < -0.4 is 0 Å². The van der Waals surface area contributed by atoms with Crippen molar-refractivity contribution in [3.63, 3.8) is 0 Å². The van der Waals surface area contributed by atoms with Crippen molar-refractivity contribution in [1.82, 2.24) is 29.9 Å². The van der Waals surface area contributed by atoms with E-state index >= 15 is 0 Å². The number of carbonyl (C=O) groups excluding carboxylic acids is 1. The molecule has 0 radical (unpaired) electrons. The first-order chi connectivity index (χ1) is 13.6. The third kappa shape index (κ3) is 4.07. The van der Waals surface area contributed by atoms with Gasteiger partial charge in [0.1, 0.15) is 5.69 Å². The van der Waals surface area contributed by atoms with E-state index in [9.17, 15) is 4.79 Å². The lowest BCUT2D eigenvalue weighted by Crippen LogP contribution is -2.48. The third-order valence-corrected chi connectivity index (χ3v) is 4.80. The summed E-state index contributed by atoms with van der Waals surface area (Å²) in [5, 5.41) is 4.08. The van der Waals surface area contributed by atoms with Crippen LogP contribution in [0.1, 0.15) is 27.6 Å². The van der Waals surface area contributed by atoms with Gasteiger partial charge in [0.05, 0.1) is 18.4 Å². The first kappa shape index (κ1) is 18.2. The van der Waals surface area contributed by atoms with Crippen LogP contribution >= 0.6 is 0 Å². The molecule has 1 aliphatic rings. The monoisotopic (exact) mass is 378 g/mol. The largest absolute Gasteiger partial charge is 0.338 e. The molecule has 1 amide bonds. The number of aryl methyl sites for hydroxylation is 2. The summed E-state index contributed by atoms with van der Waals surface area (Å²) in [6.07, 6.45) is 3.15. The predicted octanol–water partition coefficient (Wildman–Crippen LogP) is 2.10. The molecule has 0 bridgehead atoms. The number of nitrogens with zero attached hydrogens (tertiary/aromatic N) is 6. The molecule has 28 heavy (non-hydrogen) atoms. The SMILES string of the molecule is Cc1ccc(-c2noc(CN3CCN(C(=O)c4cnc(C)cn4)CC3)n2)cc1. The second kappa shape index (κ2) is 7.85. The highest BCUT2D eigenvalue weighted by Gasteiger charge is 2.24. The molecule has 144 valence electrons. The highest BCUT2D eigenvalue weighted by Crippen LogP contribution is 2.17. The average Bonchev–Trinajstić information content (AvgIpc) is 3.18. The van der Waals surface area contributed by atoms with Gasteiger partial charge < -0.3 is 9.42 Å². The van der Waals surface area contributed by atoms with Crippen LogP contribution in [-0.2, 0) is 6.54 Å². The van der Waals surface area contributed by atoms with E-state index in [1.54, 1.807) is 11.1 Å². The van der Waals surface area contributed by atoms with Crippen molar-refractivity contribution in [2.75, 3.05) is 26.2 Å². The van der Waals surface area contributed by atoms with Crippen LogP contribution in [0.4, 0.5) is 0 Å². The third-order valence-electron chi connectivity index (χ3n) is 4.80. The van der Waals surface area contributed by atoms with Gasteiger partial charge in [-0.1, -0.05) is 35.0 Å². The molecule has 0 saturated carbocycles. The average molecular weight is 378 g/mol. The molecule has 0 spiro atoms. The molecule has 1 aromatic carbocycles. The van der Waals surface area contributed by atoms with Crippen molar-refractivity contribution in [3.05, 3.63) is 59.5 Å². The fourth-order valence-corrected chi connectivity index (χ4v) is 3.10. The summed E-state index contributed by atoms with van der Waals surface area (Å²) in [6.45, 7) is 7.22. The van der Waals surface area contributed by atoms with Gasteiger partial charge in [0, 0.05) is 37.9 Å². The lowest BCUT2D eigenvalue weighted by molar-refractivity contribution is 0.0609. The summed E-state index contributed by atoms with van der Waals surface area (Å²) in [7, 11) is 0. The summed E-state index contributed by atoms with van der Waals surface area (Å²) in [5.74, 6) is 1.10. The van der Waals surface area contributed by atoms with Gasteiger partial charge in [0.2, 0.25) is 11.7 Å². The molecule has 2 aromatic heterocycles. The Morgan fingerprint density at radius 2 is 1.79 bits per heavy atom. The quantitative estimate of drug-likeness (QED) is 0.687. The fourth-order valence-electron chi connectivity index (χ4n) is 3.10. The van der Waals surface area contributed by atoms with Crippen molar-refractivity contribution in [2.24, 2.45) is 0 Å². The topological polar surface area (TPSA) is 88.3 Å². The Bertz CT molecular complexity index is 944. The van der Waals surface area contributed by atoms with Crippen LogP contribution in [0.15, 0.2) is 41.2 Å². The summed E-state index contributed by atoms with van der Waals surface area (Å²) in [5.41, 5.74) is 3.32. The van der Waals surface area contributed by atoms with E-state index in [0.717, 1.165) is 24.3 Å². The molecule has 0 atom stereocenters. The molecule has 0 unspecified atom stereocenters. The Balaban J connectivity index is 1.33. The van der Waals surface area contributed by atoms with Crippen LogP contribution in [0.25, 0.3) is 11.4 Å². The molecule has 0 N–H and O–H groups in total. The van der Waals surface area contributed by atoms with E-state index in [0.29, 0.717) is 37.0 Å². The fraction of sp³-hybridized carbons (Fsp3) is 0.350. The summed E-state index contributed by atoms with van der Waals surface area (Å²) >= 11 is 0. The molecule has 1 fully saturated rings. The Hall–Kier alpha value is -3.13. The molecule has 4 rings (SSSR count). The lowest BCUT2D eigenvalue weighted by atomic mass is 10.1. The van der Waals surface area contributed by atoms with E-state index in [1.165, 1.54) is 11.8 Å². The highest BCUT2D eigenvalue weighted by atomic mass is 16.5. The van der Waals surface area contributed by atoms with Gasteiger partial charge in [-0.05, 0) is 13.8 Å². The van der Waals surface area contributed by atoms with Crippen molar-refractivity contribution in [2.45, 2.75) is 20.4 Å². The maximum absolute atomic E-state index is 12.5. The van der Waals surface area contributed by atoms with Crippen LogP contribution in [0.2, 0.25) is 0 Å². The zero-order valence-electron chi connectivity index (χ0n) is 16.0. The lowest BCUT2D eigenvalue weighted by Gasteiger charge is -2.33. The highest BCUT2D eigenvalue weighted by molar-refractivity contribution is 5.92. The number of benzene rings is 1. The Kier molecular flexibility index (Phi) is 5.12. The molecule has 8 heteroatoms. The zero-order chi connectivity index (χ0) is 19.5. The summed E-state index contributed by atoms with van der Waals surface area (Å²) in [4.78, 5) is 29.4. The number of hydrogen-bond acceptors (Lipinski definition) is 7. The van der Waals surface area contributed by atoms with Crippen LogP contribution in [-0.4, -0.2) is 62.0 Å². The number of rotatable bonds is 4. The molecule has 8 nitrogen and oxygen atoms in total. The standard InChI is InChI=1S/C20H22N6O2/c1-14-3-5-16(6-4-14)19-23-18(28-24-19)13-25-7-9-26(10-8-25)20(27)17-12-21-15(2)11-22-17/h3-6,11-12H,7-10,13H2,1-2H3. The minimum Gasteiger partial charge on any atom is -0.338 e. The molecular weight excluding hydrogens is 356 g/mol. The second-order valence-electron chi connectivity index (χ2n) is 6.99. The van der Waals surface area contributed by atoms with Gasteiger partial charge >= 0.3 is 0 Å². The number of piperazine rings is 1. The van der Waals surface area contributed by atoms with Crippen LogP contribution in [0.3, 0.4) is 0 Å². The van der Waals surface area contributed by atoms with E-state index in [2.05, 4.69) is 25.0 Å². The normalized spacial score (nSPS) is 15.0. The van der Waals surface area contributed by atoms with Crippen molar-refractivity contribution >= 4 is 5.91 Å². The summed E-state index contributed by atoms with van der Waals surface area (Å²) in [6, 6.07) is 8.03. The molecule has 1 saturated heterocycles. The van der Waals surface area contributed by atoms with E-state index in [-0.39, 0.29) is 5.91 Å². The first-order valence-corrected chi connectivity index (χ1v) is 9.28. The van der Waals surface area contributed by atoms with Crippen molar-refractivity contribution < 1.29 is 9.32 Å². The number of carbonyl (C=O) groups is 1. The van der Waals surface area contributed by atoms with Crippen molar-refractivity contribution in [3.8, 4) is 11.4 Å². The molecule has 0 aliphatic carbocycles. The Morgan fingerprint density at radius 3 is 2.46 bits per heavy atom. The number of hydrogen-bond donors (Lipinski definition) is 0. The van der Waals surface area contributed by atoms with Crippen LogP contribution in [0, 0.1) is 13.8 Å². The van der Waals surface area contributed by atoms with E-state index < -0.39 is 0 Å². The van der Waals surface area contributed by atoms with Gasteiger partial charge in [-0.2, -0.15) is 4.98 Å². The first-order valence-electron chi connectivity index (χ1n) is 9.28. The van der Waals surface area contributed by atoms with Crippen LogP contribution in [0.5, 0.6) is 0 Å². The van der Waals surface area contributed by atoms with Gasteiger partial charge in [-0.25, -0.2) is 4.98 Å². The molecule has 1 aliphatic heterocycles. The minimum atomic E-state index is -0.0772. The second-order valence-corrected chi connectivity index (χ2v) is 6.99. The Morgan fingerprint density at radius 1 is 1.04 bits per heavy atom. The molecule has 3 aromatic rings. The van der Waals surface area contributed by atoms with Gasteiger partial charge in [0.15, 0.2) is 0 Å². The number of aromatic nitrogens is 4. The predicted molar refractivity (Wildman–Crippen MR) is 102 cm³/mol.